The Labute approximate surface area is 225 Å². The molecular formula is C26H36N8O3S. The predicted molar refractivity (Wildman–Crippen MR) is 146 cm³/mol. The molecule has 204 valence electrons. The second kappa shape index (κ2) is 10.6. The summed E-state index contributed by atoms with van der Waals surface area (Å²) in [6.07, 6.45) is 6.62. The van der Waals surface area contributed by atoms with Crippen molar-refractivity contribution in [3.63, 3.8) is 0 Å². The first-order valence-corrected chi connectivity index (χ1v) is 14.3. The van der Waals surface area contributed by atoms with E-state index in [1.165, 1.54) is 17.8 Å². The lowest BCUT2D eigenvalue weighted by Crippen LogP contribution is -2.33. The number of anilines is 1. The fourth-order valence-corrected chi connectivity index (χ4v) is 6.23. The van der Waals surface area contributed by atoms with E-state index in [0.717, 1.165) is 38.5 Å². The summed E-state index contributed by atoms with van der Waals surface area (Å²) in [5.74, 6) is 2.05. The lowest BCUT2D eigenvalue weighted by atomic mass is 9.80. The largest absolute Gasteiger partial charge is 0.465 e. The standard InChI is InChI=1S/C26H36N8O3S/c1-14-7-9-16(10-8-14)11-34-19-21(29-15(2)17-5-4-6-17)31-23(20(27)30-25(35)36)32-22(19)33-24(34)26(3,37)18-12-38-13-28-18/h12-17,37H,4-11H2,1-3H3,(H2,27,30)(H,35,36)(H,29,31,32)/t14-,15-,16-,26?/m1/s1. The summed E-state index contributed by atoms with van der Waals surface area (Å²) in [6, 6.07) is 0.123. The SMILES string of the molecule is C[C@@H](Nc1nc(C(=N)NC(=O)O)nc2nc(C(C)(O)c3cscn3)n(C[C@H]3CC[C@H](C)CC3)c12)C1CCC1. The summed E-state index contributed by atoms with van der Waals surface area (Å²) in [4.78, 5) is 29.5. The minimum Gasteiger partial charge on any atom is -0.465 e. The Morgan fingerprint density at radius 1 is 1.24 bits per heavy atom. The summed E-state index contributed by atoms with van der Waals surface area (Å²) in [5, 5.41) is 36.6. The van der Waals surface area contributed by atoms with Gasteiger partial charge in [-0.1, -0.05) is 26.2 Å². The van der Waals surface area contributed by atoms with Crippen LogP contribution in [0.4, 0.5) is 10.6 Å². The zero-order chi connectivity index (χ0) is 27.0. The molecule has 2 fully saturated rings. The Bertz CT molecular complexity index is 1310. The quantitative estimate of drug-likeness (QED) is 0.205. The summed E-state index contributed by atoms with van der Waals surface area (Å²) in [5.41, 5.74) is 1.68. The van der Waals surface area contributed by atoms with Crippen LogP contribution in [0.3, 0.4) is 0 Å². The summed E-state index contributed by atoms with van der Waals surface area (Å²) < 4.78 is 2.03. The average molecular weight is 541 g/mol. The number of aliphatic hydroxyl groups is 1. The van der Waals surface area contributed by atoms with E-state index in [0.29, 0.717) is 52.8 Å². The van der Waals surface area contributed by atoms with E-state index in [9.17, 15) is 9.90 Å². The highest BCUT2D eigenvalue weighted by Gasteiger charge is 2.37. The van der Waals surface area contributed by atoms with E-state index in [2.05, 4.69) is 34.1 Å². The van der Waals surface area contributed by atoms with Gasteiger partial charge in [0.25, 0.3) is 0 Å². The summed E-state index contributed by atoms with van der Waals surface area (Å²) >= 11 is 1.41. The molecule has 2 aliphatic carbocycles. The number of hydrogen-bond donors (Lipinski definition) is 5. The van der Waals surface area contributed by atoms with Crippen molar-refractivity contribution in [1.82, 2.24) is 29.8 Å². The molecule has 12 heteroatoms. The molecule has 3 aromatic heterocycles. The molecule has 2 atom stereocenters. The first-order chi connectivity index (χ1) is 18.1. The highest BCUT2D eigenvalue weighted by atomic mass is 32.1. The number of nitrogens with zero attached hydrogens (tertiary/aromatic N) is 5. The second-order valence-electron chi connectivity index (χ2n) is 11.1. The van der Waals surface area contributed by atoms with Crippen LogP contribution in [0.15, 0.2) is 10.9 Å². The number of aromatic nitrogens is 5. The van der Waals surface area contributed by atoms with Gasteiger partial charge in [0, 0.05) is 18.0 Å². The molecule has 2 aliphatic rings. The molecule has 0 saturated heterocycles. The Kier molecular flexibility index (Phi) is 7.36. The predicted octanol–water partition coefficient (Wildman–Crippen LogP) is 4.56. The molecule has 11 nitrogen and oxygen atoms in total. The van der Waals surface area contributed by atoms with Crippen LogP contribution in [0, 0.1) is 23.2 Å². The van der Waals surface area contributed by atoms with Gasteiger partial charge in [-0.25, -0.2) is 24.7 Å². The van der Waals surface area contributed by atoms with E-state index in [4.69, 9.17) is 15.5 Å². The smallest absolute Gasteiger partial charge is 0.410 e. The molecule has 0 bridgehead atoms. The number of carbonyl (C=O) groups is 1. The van der Waals surface area contributed by atoms with Gasteiger partial charge < -0.3 is 20.1 Å². The molecule has 3 aromatic rings. The molecule has 1 amide bonds. The topological polar surface area (TPSA) is 162 Å². The van der Waals surface area contributed by atoms with Crippen LogP contribution in [-0.2, 0) is 12.1 Å². The molecule has 38 heavy (non-hydrogen) atoms. The van der Waals surface area contributed by atoms with E-state index in [1.54, 1.807) is 12.4 Å². The normalized spacial score (nSPS) is 22.4. The molecule has 5 N–H and O–H groups in total. The number of nitrogens with one attached hydrogen (secondary N) is 3. The minimum absolute atomic E-state index is 0.0702. The van der Waals surface area contributed by atoms with Crippen molar-refractivity contribution in [2.75, 3.05) is 5.32 Å². The summed E-state index contributed by atoms with van der Waals surface area (Å²) in [7, 11) is 0. The number of amidine groups is 1. The maximum atomic E-state index is 11.8. The lowest BCUT2D eigenvalue weighted by Gasteiger charge is -2.32. The number of rotatable bonds is 8. The van der Waals surface area contributed by atoms with Crippen molar-refractivity contribution in [3.8, 4) is 0 Å². The van der Waals surface area contributed by atoms with Gasteiger partial charge in [-0.15, -0.1) is 11.3 Å². The van der Waals surface area contributed by atoms with Gasteiger partial charge in [-0.2, -0.15) is 0 Å². The Morgan fingerprint density at radius 3 is 2.58 bits per heavy atom. The molecular weight excluding hydrogens is 504 g/mol. The lowest BCUT2D eigenvalue weighted by molar-refractivity contribution is 0.0827. The van der Waals surface area contributed by atoms with E-state index < -0.39 is 17.5 Å². The first-order valence-electron chi connectivity index (χ1n) is 13.4. The summed E-state index contributed by atoms with van der Waals surface area (Å²) in [6.45, 7) is 6.75. The first kappa shape index (κ1) is 26.5. The van der Waals surface area contributed by atoms with Gasteiger partial charge in [0.15, 0.2) is 28.7 Å². The molecule has 1 unspecified atom stereocenters. The van der Waals surface area contributed by atoms with E-state index in [-0.39, 0.29) is 11.9 Å². The highest BCUT2D eigenvalue weighted by Crippen LogP contribution is 2.37. The van der Waals surface area contributed by atoms with Crippen LogP contribution in [0.25, 0.3) is 11.2 Å². The fraction of sp³-hybridized carbons (Fsp3) is 0.615. The van der Waals surface area contributed by atoms with Crippen molar-refractivity contribution in [1.29, 1.82) is 5.41 Å². The van der Waals surface area contributed by atoms with Gasteiger partial charge in [-0.3, -0.25) is 10.7 Å². The average Bonchev–Trinajstić information content (AvgIpc) is 3.48. The van der Waals surface area contributed by atoms with Gasteiger partial charge in [0.05, 0.1) is 11.2 Å². The van der Waals surface area contributed by atoms with Crippen LogP contribution in [0.1, 0.15) is 83.1 Å². The molecule has 3 heterocycles. The monoisotopic (exact) mass is 540 g/mol. The Balaban J connectivity index is 1.66. The van der Waals surface area contributed by atoms with Crippen LogP contribution < -0.4 is 10.6 Å². The molecule has 5 rings (SSSR count). The fourth-order valence-electron chi connectivity index (χ4n) is 5.57. The second-order valence-corrected chi connectivity index (χ2v) is 11.8. The highest BCUT2D eigenvalue weighted by molar-refractivity contribution is 7.07. The van der Waals surface area contributed by atoms with Crippen molar-refractivity contribution in [2.24, 2.45) is 17.8 Å². The zero-order valence-corrected chi connectivity index (χ0v) is 22.9. The zero-order valence-electron chi connectivity index (χ0n) is 22.1. The third-order valence-electron chi connectivity index (χ3n) is 8.22. The number of hydrogen-bond acceptors (Lipinski definition) is 9. The van der Waals surface area contributed by atoms with Gasteiger partial charge in [0.1, 0.15) is 11.3 Å². The number of carboxylic acid groups (broad SMARTS) is 1. The molecule has 2 saturated carbocycles. The van der Waals surface area contributed by atoms with Gasteiger partial charge in [-0.05, 0) is 57.3 Å². The Hall–Kier alpha value is -3.12. The van der Waals surface area contributed by atoms with Gasteiger partial charge >= 0.3 is 6.09 Å². The van der Waals surface area contributed by atoms with Crippen LogP contribution >= 0.6 is 11.3 Å². The maximum absolute atomic E-state index is 11.8. The number of amides is 1. The van der Waals surface area contributed by atoms with Crippen molar-refractivity contribution in [3.05, 3.63) is 28.2 Å². The van der Waals surface area contributed by atoms with E-state index in [1.807, 2.05) is 15.3 Å². The van der Waals surface area contributed by atoms with Crippen LogP contribution in [0.5, 0.6) is 0 Å². The molecule has 0 radical (unpaired) electrons. The van der Waals surface area contributed by atoms with Crippen molar-refractivity contribution < 1.29 is 15.0 Å². The number of thiazole rings is 1. The van der Waals surface area contributed by atoms with Crippen LogP contribution in [0.2, 0.25) is 0 Å². The van der Waals surface area contributed by atoms with E-state index >= 15 is 0 Å². The minimum atomic E-state index is -1.48. The molecule has 0 aromatic carbocycles. The van der Waals surface area contributed by atoms with Gasteiger partial charge in [0.2, 0.25) is 0 Å². The third-order valence-corrected chi connectivity index (χ3v) is 8.81. The molecule has 0 aliphatic heterocycles. The molecule has 0 spiro atoms. The third kappa shape index (κ3) is 5.24. The number of fused-ring (bicyclic) bond motifs is 1. The maximum Gasteiger partial charge on any atom is 0.410 e. The Morgan fingerprint density at radius 2 is 1.97 bits per heavy atom. The van der Waals surface area contributed by atoms with Crippen molar-refractivity contribution in [2.45, 2.75) is 83.9 Å². The van der Waals surface area contributed by atoms with Crippen LogP contribution in [-0.4, -0.2) is 52.7 Å². The number of imidazole rings is 1. The van der Waals surface area contributed by atoms with Crippen molar-refractivity contribution >= 4 is 40.2 Å².